The van der Waals surface area contributed by atoms with E-state index in [-0.39, 0.29) is 12.0 Å². The summed E-state index contributed by atoms with van der Waals surface area (Å²) in [7, 11) is 0. The van der Waals surface area contributed by atoms with Gasteiger partial charge in [0.1, 0.15) is 19.2 Å². The zero-order chi connectivity index (χ0) is 28.5. The molecule has 0 radical (unpaired) electrons. The minimum absolute atomic E-state index is 0.116. The van der Waals surface area contributed by atoms with Crippen molar-refractivity contribution in [1.29, 1.82) is 0 Å². The van der Waals surface area contributed by atoms with Gasteiger partial charge >= 0.3 is 0 Å². The highest BCUT2D eigenvalue weighted by Gasteiger charge is 2.48. The van der Waals surface area contributed by atoms with Crippen LogP contribution in [0, 0.1) is 11.8 Å². The van der Waals surface area contributed by atoms with E-state index in [9.17, 15) is 5.11 Å². The smallest absolute Gasteiger partial charge is 0.231 e. The molecule has 1 aliphatic carbocycles. The molecule has 7 rings (SSSR count). The fourth-order valence-electron chi connectivity index (χ4n) is 7.40. The lowest BCUT2D eigenvalue weighted by Crippen LogP contribution is -2.63. The van der Waals surface area contributed by atoms with Gasteiger partial charge in [-0.15, -0.1) is 0 Å². The molecular weight excluding hydrogens is 516 g/mol. The number of piperidine rings is 3. The average molecular weight is 561 g/mol. The maximum absolute atomic E-state index is 12.4. The Morgan fingerprint density at radius 1 is 0.951 bits per heavy atom. The number of benzene rings is 2. The van der Waals surface area contributed by atoms with Gasteiger partial charge in [0.2, 0.25) is 5.89 Å². The lowest BCUT2D eigenvalue weighted by atomic mass is 9.74. The van der Waals surface area contributed by atoms with Gasteiger partial charge in [-0.05, 0) is 24.0 Å². The molecule has 3 aromatic rings. The summed E-state index contributed by atoms with van der Waals surface area (Å²) in [5, 5.41) is 20.6. The number of carboxylic acid groups (broad SMARTS) is 1. The molecule has 1 aromatic heterocycles. The third-order valence-electron chi connectivity index (χ3n) is 9.63. The highest BCUT2D eigenvalue weighted by molar-refractivity contribution is 5.30. The van der Waals surface area contributed by atoms with Gasteiger partial charge in [0.05, 0.1) is 25.9 Å². The first-order valence-electron chi connectivity index (χ1n) is 15.4. The van der Waals surface area contributed by atoms with Crippen LogP contribution in [0.15, 0.2) is 71.3 Å². The number of oxazole rings is 1. The predicted molar refractivity (Wildman–Crippen MR) is 154 cm³/mol. The molecule has 4 heterocycles. The fourth-order valence-corrected chi connectivity index (χ4v) is 7.40. The number of carbonyl (C=O) groups is 1. The Kier molecular flexibility index (Phi) is 9.91. The first-order chi connectivity index (χ1) is 20.1. The second-order valence-corrected chi connectivity index (χ2v) is 12.2. The normalized spacial score (nSPS) is 26.2. The number of hydrogen-bond acceptors (Lipinski definition) is 6. The van der Waals surface area contributed by atoms with Crippen molar-refractivity contribution in [3.05, 3.63) is 89.6 Å². The summed E-state index contributed by atoms with van der Waals surface area (Å²) in [6.07, 6.45) is 12.7. The molecule has 4 aliphatic rings. The lowest BCUT2D eigenvalue weighted by Gasteiger charge is -2.52. The van der Waals surface area contributed by atoms with Crippen LogP contribution in [0.2, 0.25) is 0 Å². The van der Waals surface area contributed by atoms with Gasteiger partial charge in [-0.25, -0.2) is 4.98 Å². The molecule has 3 saturated heterocycles. The van der Waals surface area contributed by atoms with Gasteiger partial charge in [0.25, 0.3) is 0 Å². The van der Waals surface area contributed by atoms with Crippen molar-refractivity contribution in [1.82, 2.24) is 4.98 Å². The number of rotatable bonds is 8. The van der Waals surface area contributed by atoms with Gasteiger partial charge in [0.15, 0.2) is 11.4 Å². The van der Waals surface area contributed by atoms with Crippen molar-refractivity contribution in [2.45, 2.75) is 82.6 Å². The summed E-state index contributed by atoms with van der Waals surface area (Å²) in [6.45, 7) is 4.36. The molecule has 0 spiro atoms. The zero-order valence-electron chi connectivity index (χ0n) is 24.0. The van der Waals surface area contributed by atoms with E-state index in [2.05, 4.69) is 30.3 Å². The maximum Gasteiger partial charge on any atom is 0.231 e. The number of quaternary nitrogens is 1. The largest absolute Gasteiger partial charge is 0.554 e. The van der Waals surface area contributed by atoms with Crippen LogP contribution in [-0.2, 0) is 28.3 Å². The average Bonchev–Trinajstić information content (AvgIpc) is 3.46. The van der Waals surface area contributed by atoms with Crippen LogP contribution in [0.1, 0.15) is 80.6 Å². The molecule has 220 valence electrons. The molecule has 2 bridgehead atoms. The predicted octanol–water partition coefficient (Wildman–Crippen LogP) is 4.96. The molecule has 0 amide bonds. The molecule has 1 saturated carbocycles. The van der Waals surface area contributed by atoms with Crippen LogP contribution in [0.25, 0.3) is 0 Å². The van der Waals surface area contributed by atoms with Crippen LogP contribution < -0.4 is 5.11 Å². The van der Waals surface area contributed by atoms with Gasteiger partial charge in [-0.1, -0.05) is 92.8 Å². The van der Waals surface area contributed by atoms with Crippen molar-refractivity contribution < 1.29 is 28.6 Å². The molecule has 4 fully saturated rings. The highest BCUT2D eigenvalue weighted by atomic mass is 16.5. The van der Waals surface area contributed by atoms with Crippen LogP contribution in [0.4, 0.5) is 0 Å². The van der Waals surface area contributed by atoms with E-state index in [0.29, 0.717) is 18.4 Å². The molecule has 1 unspecified atom stereocenters. The molecule has 7 heteroatoms. The minimum atomic E-state index is -1.19. The monoisotopic (exact) mass is 560 g/mol. The second-order valence-electron chi connectivity index (χ2n) is 12.2. The molecule has 7 nitrogen and oxygen atoms in total. The van der Waals surface area contributed by atoms with Gasteiger partial charge in [-0.2, -0.15) is 0 Å². The van der Waals surface area contributed by atoms with Crippen molar-refractivity contribution in [2.24, 2.45) is 11.8 Å². The Morgan fingerprint density at radius 3 is 2.22 bits per heavy atom. The Hall–Kier alpha value is -3.00. The zero-order valence-corrected chi connectivity index (χ0v) is 24.0. The lowest BCUT2D eigenvalue weighted by molar-refractivity contribution is -0.959. The van der Waals surface area contributed by atoms with E-state index in [1.54, 1.807) is 0 Å². The summed E-state index contributed by atoms with van der Waals surface area (Å²) in [5.41, 5.74) is 0.955. The number of nitrogens with zero attached hydrogens (tertiary/aromatic N) is 2. The summed E-state index contributed by atoms with van der Waals surface area (Å²) in [4.78, 5) is 13.0. The molecule has 3 aliphatic heterocycles. The summed E-state index contributed by atoms with van der Waals surface area (Å²) >= 11 is 0. The van der Waals surface area contributed by atoms with E-state index in [1.807, 2.05) is 36.5 Å². The molecule has 41 heavy (non-hydrogen) atoms. The summed E-state index contributed by atoms with van der Waals surface area (Å²) < 4.78 is 14.0. The molecule has 2 aromatic carbocycles. The highest BCUT2D eigenvalue weighted by Crippen LogP contribution is 2.43. The third kappa shape index (κ3) is 6.91. The number of hydrogen-bond donors (Lipinski definition) is 1. The van der Waals surface area contributed by atoms with E-state index in [1.165, 1.54) is 37.7 Å². The van der Waals surface area contributed by atoms with Crippen molar-refractivity contribution in [3.63, 3.8) is 0 Å². The quantitative estimate of drug-likeness (QED) is 0.309. The maximum atomic E-state index is 12.4. The Balaban J connectivity index is 0.00000108. The Bertz CT molecular complexity index is 1200. The summed E-state index contributed by atoms with van der Waals surface area (Å²) in [6, 6.07) is 20.6. The van der Waals surface area contributed by atoms with E-state index in [0.717, 1.165) is 67.7 Å². The Morgan fingerprint density at radius 2 is 1.56 bits per heavy atom. The summed E-state index contributed by atoms with van der Waals surface area (Å²) in [5.74, 6) is 2.14. The van der Waals surface area contributed by atoms with Crippen LogP contribution in [0.3, 0.4) is 0 Å². The fraction of sp³-hybridized carbons (Fsp3) is 0.529. The molecular formula is C34H44N2O5. The second kappa shape index (κ2) is 13.8. The van der Waals surface area contributed by atoms with Gasteiger partial charge < -0.3 is 28.6 Å². The number of ether oxygens (including phenoxy) is 1. The standard InChI is InChI=1S/C33H43N2O3.CH2O2/c36-33(29-16-10-5-11-17-29,28-14-8-2-1-3-9-15-28)32-34-22-30(38-32)23-35-20-18-27(19-21-35)31(24-35)37-25-26-12-6-4-7-13-26;2-1-3/h4-7,10-13,16-17,22,27-28,31,36H,1-3,8-9,14-15,18-21,23-25H2;1H,(H,2,3)/q+1;/p-1/t27?,31-,33?,35?;/m0./s1. The topological polar surface area (TPSA) is 95.6 Å². The first kappa shape index (κ1) is 29.5. The van der Waals surface area contributed by atoms with E-state index >= 15 is 0 Å². The van der Waals surface area contributed by atoms with Crippen molar-refractivity contribution >= 4 is 6.47 Å². The number of aliphatic hydroxyl groups is 1. The van der Waals surface area contributed by atoms with Gasteiger partial charge in [-0.3, -0.25) is 0 Å². The van der Waals surface area contributed by atoms with Crippen LogP contribution in [0.5, 0.6) is 0 Å². The van der Waals surface area contributed by atoms with Crippen LogP contribution >= 0.6 is 0 Å². The van der Waals surface area contributed by atoms with E-state index < -0.39 is 12.1 Å². The Labute approximate surface area is 243 Å². The minimum Gasteiger partial charge on any atom is -0.554 e. The van der Waals surface area contributed by atoms with E-state index in [4.69, 9.17) is 24.0 Å². The van der Waals surface area contributed by atoms with Gasteiger partial charge in [0, 0.05) is 31.1 Å². The number of carbonyl (C=O) groups excluding carboxylic acids is 1. The number of aromatic nitrogens is 1. The SMILES string of the molecule is O=C[O-].OC(c1ccccc1)(c1ncc(C[N+]23CCC(CC2)[C@@H](OCc2ccccc2)C3)o1)C1CCCCCCC1. The number of fused-ring (bicyclic) bond motifs is 3. The third-order valence-corrected chi connectivity index (χ3v) is 9.63. The molecule has 1 N–H and O–H groups in total. The van der Waals surface area contributed by atoms with Crippen LogP contribution in [-0.4, -0.2) is 46.8 Å². The first-order valence-corrected chi connectivity index (χ1v) is 15.4. The van der Waals surface area contributed by atoms with Crippen molar-refractivity contribution in [2.75, 3.05) is 19.6 Å². The van der Waals surface area contributed by atoms with Crippen molar-refractivity contribution in [3.8, 4) is 0 Å². The molecule has 2 atom stereocenters.